The van der Waals surface area contributed by atoms with E-state index in [0.29, 0.717) is 5.92 Å². The summed E-state index contributed by atoms with van der Waals surface area (Å²) in [7, 11) is 0. The number of rotatable bonds is 4. The summed E-state index contributed by atoms with van der Waals surface area (Å²) in [5.41, 5.74) is 7.34. The SMILES string of the molecule is NNC(CC1CCCc2ccccc21)c1ccc(I)cc1. The lowest BCUT2D eigenvalue weighted by atomic mass is 9.79. The summed E-state index contributed by atoms with van der Waals surface area (Å²) < 4.78 is 1.26. The minimum atomic E-state index is 0.221. The number of nitrogens with two attached hydrogens (primary N) is 1. The van der Waals surface area contributed by atoms with Gasteiger partial charge in [-0.05, 0) is 83.0 Å². The number of aryl methyl sites for hydroxylation is 1. The van der Waals surface area contributed by atoms with Crippen molar-refractivity contribution in [3.8, 4) is 0 Å². The third kappa shape index (κ3) is 3.47. The molecular formula is C18H21IN2. The molecule has 3 heteroatoms. The Bertz CT molecular complexity index is 594. The van der Waals surface area contributed by atoms with Crippen LogP contribution in [-0.4, -0.2) is 0 Å². The maximum atomic E-state index is 5.83. The Labute approximate surface area is 140 Å². The largest absolute Gasteiger partial charge is 0.271 e. The van der Waals surface area contributed by atoms with E-state index in [2.05, 4.69) is 76.5 Å². The molecule has 0 saturated heterocycles. The van der Waals surface area contributed by atoms with Gasteiger partial charge in [0.25, 0.3) is 0 Å². The lowest BCUT2D eigenvalue weighted by Gasteiger charge is -2.29. The highest BCUT2D eigenvalue weighted by atomic mass is 127. The van der Waals surface area contributed by atoms with Gasteiger partial charge in [0, 0.05) is 9.61 Å². The van der Waals surface area contributed by atoms with E-state index in [4.69, 9.17) is 5.84 Å². The smallest absolute Gasteiger partial charge is 0.0465 e. The van der Waals surface area contributed by atoms with E-state index in [1.807, 2.05) is 0 Å². The van der Waals surface area contributed by atoms with Gasteiger partial charge in [0.1, 0.15) is 0 Å². The van der Waals surface area contributed by atoms with Crippen molar-refractivity contribution >= 4 is 22.6 Å². The number of hydrogen-bond acceptors (Lipinski definition) is 2. The van der Waals surface area contributed by atoms with Crippen molar-refractivity contribution < 1.29 is 0 Å². The first-order valence-corrected chi connectivity index (χ1v) is 8.65. The van der Waals surface area contributed by atoms with Crippen molar-refractivity contribution in [3.05, 3.63) is 68.8 Å². The maximum absolute atomic E-state index is 5.83. The van der Waals surface area contributed by atoms with Crippen LogP contribution in [0.1, 0.15) is 47.9 Å². The third-order valence-corrected chi connectivity index (χ3v) is 5.21. The molecule has 3 rings (SSSR count). The topological polar surface area (TPSA) is 38.0 Å². The second-order valence-electron chi connectivity index (χ2n) is 5.79. The Kier molecular flexibility index (Phi) is 4.93. The molecule has 3 N–H and O–H groups in total. The molecule has 0 heterocycles. The van der Waals surface area contributed by atoms with Crippen LogP contribution in [0.25, 0.3) is 0 Å². The van der Waals surface area contributed by atoms with Crippen LogP contribution in [0.2, 0.25) is 0 Å². The van der Waals surface area contributed by atoms with Gasteiger partial charge in [0.15, 0.2) is 0 Å². The standard InChI is InChI=1S/C18H21IN2/c19-16-10-8-14(9-11-16)18(21-20)12-15-6-3-5-13-4-1-2-7-17(13)15/h1-2,4,7-11,15,18,21H,3,5-6,12,20H2. The predicted molar refractivity (Wildman–Crippen MR) is 96.0 cm³/mol. The van der Waals surface area contributed by atoms with Crippen molar-refractivity contribution in [3.63, 3.8) is 0 Å². The Hall–Kier alpha value is -0.910. The summed E-state index contributed by atoms with van der Waals surface area (Å²) in [6.07, 6.45) is 4.83. The zero-order valence-corrected chi connectivity index (χ0v) is 14.2. The zero-order valence-electron chi connectivity index (χ0n) is 12.1. The van der Waals surface area contributed by atoms with E-state index < -0.39 is 0 Å². The number of hydrazine groups is 1. The van der Waals surface area contributed by atoms with Gasteiger partial charge in [0.05, 0.1) is 0 Å². The van der Waals surface area contributed by atoms with Crippen molar-refractivity contribution in [1.29, 1.82) is 0 Å². The minimum absolute atomic E-state index is 0.221. The molecule has 1 aliphatic rings. The summed E-state index contributed by atoms with van der Waals surface area (Å²) in [6, 6.07) is 17.8. The lowest BCUT2D eigenvalue weighted by Crippen LogP contribution is -2.30. The molecule has 2 unspecified atom stereocenters. The highest BCUT2D eigenvalue weighted by molar-refractivity contribution is 14.1. The first-order chi connectivity index (χ1) is 10.3. The molecule has 0 aromatic heterocycles. The van der Waals surface area contributed by atoms with Crippen LogP contribution in [0.15, 0.2) is 48.5 Å². The van der Waals surface area contributed by atoms with Crippen molar-refractivity contribution in [2.24, 2.45) is 5.84 Å². The monoisotopic (exact) mass is 392 g/mol. The molecule has 0 bridgehead atoms. The quantitative estimate of drug-likeness (QED) is 0.463. The van der Waals surface area contributed by atoms with Crippen molar-refractivity contribution in [2.45, 2.75) is 37.6 Å². The number of benzene rings is 2. The van der Waals surface area contributed by atoms with Gasteiger partial charge in [-0.15, -0.1) is 0 Å². The normalized spacial score (nSPS) is 19.0. The molecule has 0 spiro atoms. The Morgan fingerprint density at radius 1 is 1.14 bits per heavy atom. The molecule has 0 amide bonds. The van der Waals surface area contributed by atoms with Gasteiger partial charge in [-0.3, -0.25) is 11.3 Å². The average molecular weight is 392 g/mol. The second-order valence-corrected chi connectivity index (χ2v) is 7.04. The molecule has 0 radical (unpaired) electrons. The molecule has 2 nitrogen and oxygen atoms in total. The highest BCUT2D eigenvalue weighted by Gasteiger charge is 2.23. The minimum Gasteiger partial charge on any atom is -0.271 e. The van der Waals surface area contributed by atoms with E-state index in [1.54, 1.807) is 0 Å². The predicted octanol–water partition coefficient (Wildman–Crippen LogP) is 4.31. The Morgan fingerprint density at radius 3 is 2.67 bits per heavy atom. The Morgan fingerprint density at radius 2 is 1.90 bits per heavy atom. The maximum Gasteiger partial charge on any atom is 0.0465 e. The Balaban J connectivity index is 1.80. The van der Waals surface area contributed by atoms with E-state index in [1.165, 1.54) is 39.5 Å². The van der Waals surface area contributed by atoms with Gasteiger partial charge in [-0.2, -0.15) is 0 Å². The summed E-state index contributed by atoms with van der Waals surface area (Å²) in [5, 5.41) is 0. The van der Waals surface area contributed by atoms with Crippen LogP contribution in [-0.2, 0) is 6.42 Å². The number of nitrogens with one attached hydrogen (secondary N) is 1. The average Bonchev–Trinajstić information content (AvgIpc) is 2.54. The molecule has 1 aliphatic carbocycles. The molecule has 2 aromatic rings. The van der Waals surface area contributed by atoms with Gasteiger partial charge < -0.3 is 0 Å². The zero-order chi connectivity index (χ0) is 14.7. The van der Waals surface area contributed by atoms with Crippen LogP contribution in [0.4, 0.5) is 0 Å². The summed E-state index contributed by atoms with van der Waals surface area (Å²) in [6.45, 7) is 0. The fraction of sp³-hybridized carbons (Fsp3) is 0.333. The summed E-state index contributed by atoms with van der Waals surface area (Å²) in [4.78, 5) is 0. The third-order valence-electron chi connectivity index (χ3n) is 4.49. The molecule has 2 atom stereocenters. The van der Waals surface area contributed by atoms with Crippen LogP contribution >= 0.6 is 22.6 Å². The number of halogens is 1. The molecule has 21 heavy (non-hydrogen) atoms. The van der Waals surface area contributed by atoms with Gasteiger partial charge in [0.2, 0.25) is 0 Å². The summed E-state index contributed by atoms with van der Waals surface area (Å²) in [5.74, 6) is 6.43. The molecular weight excluding hydrogens is 371 g/mol. The second kappa shape index (κ2) is 6.90. The number of fused-ring (bicyclic) bond motifs is 1. The van der Waals surface area contributed by atoms with Crippen LogP contribution in [0.5, 0.6) is 0 Å². The molecule has 110 valence electrons. The van der Waals surface area contributed by atoms with E-state index in [-0.39, 0.29) is 6.04 Å². The van der Waals surface area contributed by atoms with Gasteiger partial charge >= 0.3 is 0 Å². The summed E-state index contributed by atoms with van der Waals surface area (Å²) >= 11 is 2.34. The van der Waals surface area contributed by atoms with Crippen LogP contribution < -0.4 is 11.3 Å². The first-order valence-electron chi connectivity index (χ1n) is 7.57. The molecule has 2 aromatic carbocycles. The van der Waals surface area contributed by atoms with Crippen LogP contribution in [0, 0.1) is 3.57 Å². The fourth-order valence-electron chi connectivity index (χ4n) is 3.38. The van der Waals surface area contributed by atoms with E-state index >= 15 is 0 Å². The van der Waals surface area contributed by atoms with Gasteiger partial charge in [-0.25, -0.2) is 0 Å². The molecule has 0 fully saturated rings. The fourth-order valence-corrected chi connectivity index (χ4v) is 3.74. The van der Waals surface area contributed by atoms with Crippen molar-refractivity contribution in [2.75, 3.05) is 0 Å². The molecule has 0 saturated carbocycles. The first kappa shape index (κ1) is 15.0. The van der Waals surface area contributed by atoms with Gasteiger partial charge in [-0.1, -0.05) is 36.4 Å². The van der Waals surface area contributed by atoms with Crippen molar-refractivity contribution in [1.82, 2.24) is 5.43 Å². The highest BCUT2D eigenvalue weighted by Crippen LogP contribution is 2.37. The van der Waals surface area contributed by atoms with E-state index in [0.717, 1.165) is 6.42 Å². The molecule has 0 aliphatic heterocycles. The van der Waals surface area contributed by atoms with E-state index in [9.17, 15) is 0 Å². The number of hydrogen-bond donors (Lipinski definition) is 2. The van der Waals surface area contributed by atoms with Crippen LogP contribution in [0.3, 0.4) is 0 Å². The lowest BCUT2D eigenvalue weighted by molar-refractivity contribution is 0.425.